The number of benzene rings is 2. The molecule has 9 heteroatoms. The van der Waals surface area contributed by atoms with Crippen molar-refractivity contribution in [2.75, 3.05) is 10.6 Å². The van der Waals surface area contributed by atoms with Crippen LogP contribution in [0.1, 0.15) is 31.9 Å². The Morgan fingerprint density at radius 1 is 0.966 bits per heavy atom. The lowest BCUT2D eigenvalue weighted by atomic mass is 10.1. The Morgan fingerprint density at radius 2 is 1.66 bits per heavy atom. The van der Waals surface area contributed by atoms with Gasteiger partial charge in [0.25, 0.3) is 0 Å². The molecule has 5 nitrogen and oxygen atoms in total. The summed E-state index contributed by atoms with van der Waals surface area (Å²) < 4.78 is 57.1. The van der Waals surface area contributed by atoms with E-state index in [0.717, 1.165) is 24.3 Å². The average molecular weight is 412 g/mol. The minimum Gasteiger partial charge on any atom is -0.444 e. The fourth-order valence-electron chi connectivity index (χ4n) is 2.38. The van der Waals surface area contributed by atoms with Gasteiger partial charge in [0.15, 0.2) is 0 Å². The van der Waals surface area contributed by atoms with Crippen molar-refractivity contribution in [2.45, 2.75) is 39.0 Å². The Balaban J connectivity index is 2.14. The SMILES string of the molecule is CC(C)(C)OC(=O)Nc1ccc(F)cc1NC(=O)Cc1cccc(C(F)(F)F)c1. The first-order valence-corrected chi connectivity index (χ1v) is 8.59. The first-order chi connectivity index (χ1) is 13.3. The number of anilines is 2. The number of hydrogen-bond donors (Lipinski definition) is 2. The third kappa shape index (κ3) is 7.10. The van der Waals surface area contributed by atoms with E-state index in [1.165, 1.54) is 18.2 Å². The summed E-state index contributed by atoms with van der Waals surface area (Å²) in [6.07, 6.45) is -5.70. The molecule has 2 N–H and O–H groups in total. The van der Waals surface area contributed by atoms with Crippen molar-refractivity contribution in [3.05, 3.63) is 59.4 Å². The second-order valence-corrected chi connectivity index (χ2v) is 7.24. The van der Waals surface area contributed by atoms with Crippen molar-refractivity contribution < 1.29 is 31.9 Å². The highest BCUT2D eigenvalue weighted by atomic mass is 19.4. The molecule has 0 radical (unpaired) electrons. The first kappa shape index (κ1) is 22.2. The molecule has 0 saturated heterocycles. The van der Waals surface area contributed by atoms with Crippen LogP contribution in [0.2, 0.25) is 0 Å². The Kier molecular flexibility index (Phi) is 6.51. The van der Waals surface area contributed by atoms with E-state index in [1.54, 1.807) is 20.8 Å². The maximum absolute atomic E-state index is 13.6. The third-order valence-electron chi connectivity index (χ3n) is 3.51. The molecule has 0 heterocycles. The van der Waals surface area contributed by atoms with Gasteiger partial charge in [-0.1, -0.05) is 18.2 Å². The highest BCUT2D eigenvalue weighted by Gasteiger charge is 2.30. The topological polar surface area (TPSA) is 67.4 Å². The van der Waals surface area contributed by atoms with Gasteiger partial charge in [-0.05, 0) is 50.6 Å². The van der Waals surface area contributed by atoms with E-state index in [-0.39, 0.29) is 23.4 Å². The molecule has 2 amide bonds. The molecular formula is C20H20F4N2O3. The minimum atomic E-state index is -4.53. The van der Waals surface area contributed by atoms with Gasteiger partial charge in [0.1, 0.15) is 11.4 Å². The number of ether oxygens (including phenoxy) is 1. The van der Waals surface area contributed by atoms with Crippen molar-refractivity contribution in [3.8, 4) is 0 Å². The van der Waals surface area contributed by atoms with Crippen LogP contribution in [0.5, 0.6) is 0 Å². The Hall–Kier alpha value is -3.10. The molecule has 29 heavy (non-hydrogen) atoms. The first-order valence-electron chi connectivity index (χ1n) is 8.59. The normalized spacial score (nSPS) is 11.7. The van der Waals surface area contributed by atoms with Crippen molar-refractivity contribution in [1.29, 1.82) is 0 Å². The largest absolute Gasteiger partial charge is 0.444 e. The number of rotatable bonds is 4. The van der Waals surface area contributed by atoms with Crippen LogP contribution in [0.25, 0.3) is 0 Å². The van der Waals surface area contributed by atoms with Crippen LogP contribution in [-0.4, -0.2) is 17.6 Å². The van der Waals surface area contributed by atoms with Crippen LogP contribution in [0.15, 0.2) is 42.5 Å². The summed E-state index contributed by atoms with van der Waals surface area (Å²) in [4.78, 5) is 24.2. The van der Waals surface area contributed by atoms with Gasteiger partial charge in [-0.25, -0.2) is 9.18 Å². The van der Waals surface area contributed by atoms with Gasteiger partial charge in [0.05, 0.1) is 23.4 Å². The predicted molar refractivity (Wildman–Crippen MR) is 100 cm³/mol. The van der Waals surface area contributed by atoms with Gasteiger partial charge in [0, 0.05) is 0 Å². The number of halogens is 4. The zero-order valence-electron chi connectivity index (χ0n) is 16.0. The lowest BCUT2D eigenvalue weighted by Gasteiger charge is -2.20. The molecule has 0 aliphatic rings. The Labute approximate surface area is 165 Å². The standard InChI is InChI=1S/C20H20F4N2O3/c1-19(2,3)29-18(28)26-15-8-7-14(21)11-16(15)25-17(27)10-12-5-4-6-13(9-12)20(22,23)24/h4-9,11H,10H2,1-3H3,(H,25,27)(H,26,28). The van der Waals surface area contributed by atoms with E-state index in [0.29, 0.717) is 0 Å². The second kappa shape index (κ2) is 8.50. The van der Waals surface area contributed by atoms with E-state index in [9.17, 15) is 27.2 Å². The van der Waals surface area contributed by atoms with Gasteiger partial charge >= 0.3 is 12.3 Å². The monoisotopic (exact) mass is 412 g/mol. The number of alkyl halides is 3. The average Bonchev–Trinajstić information content (AvgIpc) is 2.55. The second-order valence-electron chi connectivity index (χ2n) is 7.24. The molecule has 0 aliphatic heterocycles. The summed E-state index contributed by atoms with van der Waals surface area (Å²) in [5, 5.41) is 4.80. The predicted octanol–water partition coefficient (Wildman–Crippen LogP) is 5.37. The fraction of sp³-hybridized carbons (Fsp3) is 0.300. The summed E-state index contributed by atoms with van der Waals surface area (Å²) >= 11 is 0. The molecule has 156 valence electrons. The van der Waals surface area contributed by atoms with Gasteiger partial charge in [-0.2, -0.15) is 13.2 Å². The van der Waals surface area contributed by atoms with E-state index in [1.807, 2.05) is 0 Å². The van der Waals surface area contributed by atoms with Crippen LogP contribution >= 0.6 is 0 Å². The van der Waals surface area contributed by atoms with Crippen molar-refractivity contribution in [3.63, 3.8) is 0 Å². The molecule has 2 aromatic rings. The molecule has 2 aromatic carbocycles. The number of nitrogens with one attached hydrogen (secondary N) is 2. The van der Waals surface area contributed by atoms with Crippen LogP contribution in [0.3, 0.4) is 0 Å². The van der Waals surface area contributed by atoms with Gasteiger partial charge < -0.3 is 10.1 Å². The molecule has 0 bridgehead atoms. The van der Waals surface area contributed by atoms with E-state index >= 15 is 0 Å². The fourth-order valence-corrected chi connectivity index (χ4v) is 2.38. The number of carbonyl (C=O) groups is 2. The van der Waals surface area contributed by atoms with Crippen LogP contribution in [0.4, 0.5) is 33.7 Å². The van der Waals surface area contributed by atoms with Crippen molar-refractivity contribution in [2.24, 2.45) is 0 Å². The van der Waals surface area contributed by atoms with Gasteiger partial charge in [-0.3, -0.25) is 10.1 Å². The van der Waals surface area contributed by atoms with Gasteiger partial charge in [0.2, 0.25) is 5.91 Å². The van der Waals surface area contributed by atoms with Crippen LogP contribution < -0.4 is 10.6 Å². The molecule has 0 spiro atoms. The van der Waals surface area contributed by atoms with E-state index in [4.69, 9.17) is 4.74 Å². The van der Waals surface area contributed by atoms with E-state index < -0.39 is 35.2 Å². The molecule has 0 unspecified atom stereocenters. The zero-order valence-corrected chi connectivity index (χ0v) is 16.0. The zero-order chi connectivity index (χ0) is 21.8. The summed E-state index contributed by atoms with van der Waals surface area (Å²) in [6, 6.07) is 7.64. The van der Waals surface area contributed by atoms with Crippen molar-refractivity contribution in [1.82, 2.24) is 0 Å². The molecular weight excluding hydrogens is 392 g/mol. The maximum atomic E-state index is 13.6. The van der Waals surface area contributed by atoms with Gasteiger partial charge in [-0.15, -0.1) is 0 Å². The minimum absolute atomic E-state index is 0.0483. The summed E-state index contributed by atoms with van der Waals surface area (Å²) in [7, 11) is 0. The van der Waals surface area contributed by atoms with Crippen molar-refractivity contribution >= 4 is 23.4 Å². The Bertz CT molecular complexity index is 905. The highest BCUT2D eigenvalue weighted by Crippen LogP contribution is 2.30. The molecule has 0 aromatic heterocycles. The van der Waals surface area contributed by atoms with Crippen LogP contribution in [-0.2, 0) is 22.1 Å². The molecule has 0 saturated carbocycles. The smallest absolute Gasteiger partial charge is 0.416 e. The highest BCUT2D eigenvalue weighted by molar-refractivity contribution is 5.98. The summed E-state index contributed by atoms with van der Waals surface area (Å²) in [5.41, 5.74) is -1.47. The number of amides is 2. The lowest BCUT2D eigenvalue weighted by molar-refractivity contribution is -0.137. The Morgan fingerprint density at radius 3 is 2.28 bits per heavy atom. The molecule has 0 fully saturated rings. The lowest BCUT2D eigenvalue weighted by Crippen LogP contribution is -2.27. The molecule has 2 rings (SSSR count). The quantitative estimate of drug-likeness (QED) is 0.664. The van der Waals surface area contributed by atoms with Crippen LogP contribution in [0, 0.1) is 5.82 Å². The number of hydrogen-bond acceptors (Lipinski definition) is 3. The third-order valence-corrected chi connectivity index (χ3v) is 3.51. The molecule has 0 atom stereocenters. The maximum Gasteiger partial charge on any atom is 0.416 e. The summed E-state index contributed by atoms with van der Waals surface area (Å²) in [5.74, 6) is -1.35. The van der Waals surface area contributed by atoms with E-state index in [2.05, 4.69) is 10.6 Å². The number of carbonyl (C=O) groups excluding carboxylic acids is 2. The summed E-state index contributed by atoms with van der Waals surface area (Å²) in [6.45, 7) is 4.99. The molecule has 0 aliphatic carbocycles.